The van der Waals surface area contributed by atoms with Gasteiger partial charge in [-0.05, 0) is 32.4 Å². The van der Waals surface area contributed by atoms with Gasteiger partial charge in [0.1, 0.15) is 8.07 Å². The molecular formula is C20H26O3SSi. The van der Waals surface area contributed by atoms with E-state index >= 15 is 0 Å². The van der Waals surface area contributed by atoms with Crippen molar-refractivity contribution in [2.45, 2.75) is 38.3 Å². The van der Waals surface area contributed by atoms with Gasteiger partial charge in [-0.15, -0.1) is 0 Å². The first-order valence-corrected chi connectivity index (χ1v) is 12.9. The van der Waals surface area contributed by atoms with Crippen molar-refractivity contribution >= 4 is 23.4 Å². The van der Waals surface area contributed by atoms with Crippen LogP contribution in [0.25, 0.3) is 0 Å². The summed E-state index contributed by atoms with van der Waals surface area (Å²) in [6.45, 7) is 8.70. The van der Waals surface area contributed by atoms with Crippen molar-refractivity contribution in [1.29, 1.82) is 0 Å². The van der Waals surface area contributed by atoms with E-state index in [2.05, 4.69) is 43.1 Å². The second-order valence-electron chi connectivity index (χ2n) is 6.92. The summed E-state index contributed by atoms with van der Waals surface area (Å²) < 4.78 is 29.6. The molecule has 3 nitrogen and oxygen atoms in total. The zero-order valence-corrected chi connectivity index (χ0v) is 17.1. The Bertz CT molecular complexity index is 823. The van der Waals surface area contributed by atoms with Crippen LogP contribution < -0.4 is 5.19 Å². The third kappa shape index (κ3) is 5.66. The van der Waals surface area contributed by atoms with E-state index in [1.807, 2.05) is 19.9 Å². The Morgan fingerprint density at radius 2 is 1.64 bits per heavy atom. The van der Waals surface area contributed by atoms with Crippen LogP contribution in [0, 0.1) is 6.92 Å². The third-order valence-corrected chi connectivity index (χ3v) is 8.53. The smallest absolute Gasteiger partial charge is 0.266 e. The number of hydrogen-bond donors (Lipinski definition) is 0. The maximum atomic E-state index is 12.2. The predicted octanol–water partition coefficient (Wildman–Crippen LogP) is 4.19. The molecule has 2 aromatic rings. The lowest BCUT2D eigenvalue weighted by Crippen LogP contribution is -2.39. The van der Waals surface area contributed by atoms with Crippen LogP contribution in [0.15, 0.2) is 70.8 Å². The van der Waals surface area contributed by atoms with Crippen LogP contribution in [0.1, 0.15) is 18.9 Å². The second kappa shape index (κ2) is 8.12. The van der Waals surface area contributed by atoms with E-state index < -0.39 is 18.2 Å². The number of benzene rings is 2. The molecule has 0 saturated heterocycles. The minimum Gasteiger partial charge on any atom is -0.266 e. The zero-order valence-electron chi connectivity index (χ0n) is 15.3. The molecule has 2 rings (SSSR count). The molecule has 0 bridgehead atoms. The van der Waals surface area contributed by atoms with Crippen molar-refractivity contribution in [3.05, 3.63) is 71.4 Å². The monoisotopic (exact) mass is 374 g/mol. The molecule has 0 radical (unpaired) electrons. The number of hydrogen-bond acceptors (Lipinski definition) is 3. The molecule has 0 saturated carbocycles. The number of rotatable bonds is 7. The van der Waals surface area contributed by atoms with Gasteiger partial charge in [0, 0.05) is 0 Å². The highest BCUT2D eigenvalue weighted by Crippen LogP contribution is 2.15. The number of aryl methyl sites for hydroxylation is 1. The van der Waals surface area contributed by atoms with Crippen molar-refractivity contribution in [3.8, 4) is 0 Å². The van der Waals surface area contributed by atoms with Crippen LogP contribution in [0.4, 0.5) is 0 Å². The van der Waals surface area contributed by atoms with Crippen molar-refractivity contribution in [3.63, 3.8) is 0 Å². The Morgan fingerprint density at radius 3 is 2.24 bits per heavy atom. The van der Waals surface area contributed by atoms with Crippen molar-refractivity contribution in [2.75, 3.05) is 6.61 Å². The molecule has 0 heterocycles. The highest BCUT2D eigenvalue weighted by molar-refractivity contribution is 7.86. The Hall–Kier alpha value is -1.69. The summed E-state index contributed by atoms with van der Waals surface area (Å²) in [6, 6.07) is 17.2. The fourth-order valence-electron chi connectivity index (χ4n) is 2.72. The van der Waals surface area contributed by atoms with Crippen LogP contribution in [0.5, 0.6) is 0 Å². The highest BCUT2D eigenvalue weighted by Gasteiger charge is 2.20. The first-order valence-electron chi connectivity index (χ1n) is 8.41. The molecule has 0 spiro atoms. The summed E-state index contributed by atoms with van der Waals surface area (Å²) in [5, 5.41) is 1.36. The predicted molar refractivity (Wildman–Crippen MR) is 106 cm³/mol. The van der Waals surface area contributed by atoms with Crippen LogP contribution in [-0.2, 0) is 14.3 Å². The van der Waals surface area contributed by atoms with Gasteiger partial charge in [-0.3, -0.25) is 4.18 Å². The van der Waals surface area contributed by atoms with E-state index in [1.165, 1.54) is 10.8 Å². The molecule has 0 N–H and O–H groups in total. The average Bonchev–Trinajstić information content (AvgIpc) is 2.55. The van der Waals surface area contributed by atoms with Gasteiger partial charge in [0.05, 0.1) is 11.5 Å². The van der Waals surface area contributed by atoms with Gasteiger partial charge in [-0.1, -0.05) is 77.6 Å². The maximum Gasteiger partial charge on any atom is 0.296 e. The normalized spacial score (nSPS) is 13.0. The summed E-state index contributed by atoms with van der Waals surface area (Å²) in [5.74, 6) is 0. The minimum atomic E-state index is -3.68. The topological polar surface area (TPSA) is 43.4 Å². The molecule has 0 unspecified atom stereocenters. The molecular weight excluding hydrogens is 348 g/mol. The quantitative estimate of drug-likeness (QED) is 0.539. The first kappa shape index (κ1) is 19.6. The molecule has 5 heteroatoms. The van der Waals surface area contributed by atoms with Gasteiger partial charge in [-0.25, -0.2) is 0 Å². The van der Waals surface area contributed by atoms with Crippen molar-refractivity contribution in [1.82, 2.24) is 0 Å². The highest BCUT2D eigenvalue weighted by atomic mass is 32.2. The van der Waals surface area contributed by atoms with Gasteiger partial charge in [0.2, 0.25) is 0 Å². The Balaban J connectivity index is 1.97. The Morgan fingerprint density at radius 1 is 1.04 bits per heavy atom. The summed E-state index contributed by atoms with van der Waals surface area (Å²) in [7, 11) is -5.36. The molecule has 0 amide bonds. The zero-order chi connectivity index (χ0) is 18.5. The largest absolute Gasteiger partial charge is 0.296 e. The first-order chi connectivity index (χ1) is 11.7. The van der Waals surface area contributed by atoms with E-state index in [0.717, 1.165) is 5.56 Å². The molecule has 134 valence electrons. The van der Waals surface area contributed by atoms with Gasteiger partial charge < -0.3 is 0 Å². The van der Waals surface area contributed by atoms with Gasteiger partial charge in [0.15, 0.2) is 0 Å². The SMILES string of the molecule is C/C(=C\[Si](C)(C)c1ccccc1)CCOS(=O)(=O)c1ccc(C)cc1. The average molecular weight is 375 g/mol. The molecule has 0 fully saturated rings. The molecule has 0 aliphatic carbocycles. The molecule has 2 aromatic carbocycles. The molecule has 25 heavy (non-hydrogen) atoms. The lowest BCUT2D eigenvalue weighted by Gasteiger charge is -2.20. The van der Waals surface area contributed by atoms with E-state index in [0.29, 0.717) is 6.42 Å². The molecule has 0 aliphatic heterocycles. The second-order valence-corrected chi connectivity index (χ2v) is 12.8. The summed E-state index contributed by atoms with van der Waals surface area (Å²) >= 11 is 0. The molecule has 0 atom stereocenters. The van der Waals surface area contributed by atoms with Crippen LogP contribution in [-0.4, -0.2) is 23.1 Å². The standard InChI is InChI=1S/C20H26O3SSi/c1-17-10-12-19(13-11-17)24(21,22)23-15-14-18(2)16-25(3,4)20-8-6-5-7-9-20/h5-13,16H,14-15H2,1-4H3/b18-16+. The van der Waals surface area contributed by atoms with Gasteiger partial charge in [0.25, 0.3) is 10.1 Å². The van der Waals surface area contributed by atoms with Gasteiger partial charge in [-0.2, -0.15) is 8.42 Å². The lowest BCUT2D eigenvalue weighted by atomic mass is 10.2. The molecule has 0 aliphatic rings. The Labute approximate surface area is 152 Å². The lowest BCUT2D eigenvalue weighted by molar-refractivity contribution is 0.322. The van der Waals surface area contributed by atoms with E-state index in [4.69, 9.17) is 4.18 Å². The van der Waals surface area contributed by atoms with Crippen LogP contribution >= 0.6 is 0 Å². The fraction of sp³-hybridized carbons (Fsp3) is 0.300. The fourth-order valence-corrected chi connectivity index (χ4v) is 6.23. The van der Waals surface area contributed by atoms with Gasteiger partial charge >= 0.3 is 0 Å². The van der Waals surface area contributed by atoms with Crippen LogP contribution in [0.3, 0.4) is 0 Å². The van der Waals surface area contributed by atoms with E-state index in [1.54, 1.807) is 24.3 Å². The Kier molecular flexibility index (Phi) is 6.38. The van der Waals surface area contributed by atoms with Crippen molar-refractivity contribution in [2.24, 2.45) is 0 Å². The third-order valence-electron chi connectivity index (χ3n) is 4.17. The van der Waals surface area contributed by atoms with Crippen molar-refractivity contribution < 1.29 is 12.6 Å². The minimum absolute atomic E-state index is 0.164. The van der Waals surface area contributed by atoms with E-state index in [9.17, 15) is 8.42 Å². The van der Waals surface area contributed by atoms with E-state index in [-0.39, 0.29) is 11.5 Å². The summed E-state index contributed by atoms with van der Waals surface area (Å²) in [5.41, 5.74) is 4.50. The summed E-state index contributed by atoms with van der Waals surface area (Å²) in [4.78, 5) is 0.207. The molecule has 0 aromatic heterocycles. The summed E-state index contributed by atoms with van der Waals surface area (Å²) in [6.07, 6.45) is 0.606. The van der Waals surface area contributed by atoms with Crippen LogP contribution in [0.2, 0.25) is 13.1 Å². The maximum absolute atomic E-state index is 12.2.